The Bertz CT molecular complexity index is 1250. The van der Waals surface area contributed by atoms with Crippen LogP contribution in [0.3, 0.4) is 0 Å². The molecule has 7 atom stereocenters. The van der Waals surface area contributed by atoms with Gasteiger partial charge in [0, 0.05) is 24.1 Å². The molecule has 1 aromatic heterocycles. The number of hydrogen-bond donors (Lipinski definition) is 1. The molecule has 1 N–H and O–H groups in total. The van der Waals surface area contributed by atoms with Crippen molar-refractivity contribution < 1.29 is 33.0 Å². The van der Waals surface area contributed by atoms with Gasteiger partial charge >= 0.3 is 0 Å². The summed E-state index contributed by atoms with van der Waals surface area (Å²) in [5.41, 5.74) is -0.464. The van der Waals surface area contributed by atoms with E-state index in [4.69, 9.17) is 18.6 Å². The summed E-state index contributed by atoms with van der Waals surface area (Å²) < 4.78 is 22.7. The zero-order chi connectivity index (χ0) is 23.2. The summed E-state index contributed by atoms with van der Waals surface area (Å²) in [6, 6.07) is 7.69. The summed E-state index contributed by atoms with van der Waals surface area (Å²) in [7, 11) is 0. The Morgan fingerprint density at radius 3 is 2.85 bits per heavy atom. The second-order valence-electron chi connectivity index (χ2n) is 9.54. The van der Waals surface area contributed by atoms with E-state index in [1.807, 2.05) is 19.1 Å². The molecule has 174 valence electrons. The molecule has 0 radical (unpaired) electrons. The average Bonchev–Trinajstić information content (AvgIpc) is 3.64. The van der Waals surface area contributed by atoms with Gasteiger partial charge in [0.1, 0.15) is 17.1 Å². The molecule has 9 nitrogen and oxygen atoms in total. The number of amides is 2. The molecular formula is C25H22N2O7. The van der Waals surface area contributed by atoms with E-state index in [2.05, 4.69) is 5.32 Å². The molecule has 0 aliphatic carbocycles. The SMILES string of the molecule is CC1C(=O)CC(c2ccco2)N2C(=O)[C@@H]3[C@H](C(=O)Nc4ccc5c(c4)OCO5)C4C=C[C@@]3(O4)C12. The number of benzene rings is 1. The first-order chi connectivity index (χ1) is 16.5. The van der Waals surface area contributed by atoms with Gasteiger partial charge in [0.05, 0.1) is 36.3 Å². The van der Waals surface area contributed by atoms with Gasteiger partial charge in [0.2, 0.25) is 18.6 Å². The number of anilines is 1. The van der Waals surface area contributed by atoms with E-state index in [0.717, 1.165) is 0 Å². The number of piperidine rings is 1. The van der Waals surface area contributed by atoms with E-state index in [1.165, 1.54) is 6.26 Å². The molecule has 1 aromatic carbocycles. The number of furan rings is 1. The number of rotatable bonds is 3. The summed E-state index contributed by atoms with van der Waals surface area (Å²) in [5, 5.41) is 2.92. The smallest absolute Gasteiger partial charge is 0.231 e. The zero-order valence-electron chi connectivity index (χ0n) is 18.3. The maximum absolute atomic E-state index is 13.9. The molecule has 7 rings (SSSR count). The Kier molecular flexibility index (Phi) is 3.92. The van der Waals surface area contributed by atoms with E-state index in [9.17, 15) is 14.4 Å². The molecule has 0 saturated carbocycles. The van der Waals surface area contributed by atoms with Gasteiger partial charge in [-0.25, -0.2) is 0 Å². The van der Waals surface area contributed by atoms with Crippen molar-refractivity contribution in [2.45, 2.75) is 37.1 Å². The third-order valence-corrected chi connectivity index (χ3v) is 7.89. The highest BCUT2D eigenvalue weighted by Crippen LogP contribution is 2.60. The fraction of sp³-hybridized carbons (Fsp3) is 0.400. The molecular weight excluding hydrogens is 440 g/mol. The number of carbonyl (C=O) groups is 3. The molecule has 2 amide bonds. The Morgan fingerprint density at radius 1 is 1.18 bits per heavy atom. The minimum Gasteiger partial charge on any atom is -0.467 e. The van der Waals surface area contributed by atoms with E-state index in [0.29, 0.717) is 22.9 Å². The summed E-state index contributed by atoms with van der Waals surface area (Å²) in [4.78, 5) is 42.2. The van der Waals surface area contributed by atoms with Gasteiger partial charge in [-0.15, -0.1) is 0 Å². The Hall–Kier alpha value is -3.59. The number of fused-ring (bicyclic) bond motifs is 3. The van der Waals surface area contributed by atoms with Crippen molar-refractivity contribution in [1.29, 1.82) is 0 Å². The van der Waals surface area contributed by atoms with Crippen LogP contribution in [0, 0.1) is 17.8 Å². The summed E-state index contributed by atoms with van der Waals surface area (Å²) in [6.45, 7) is 1.98. The monoisotopic (exact) mass is 462 g/mol. The van der Waals surface area contributed by atoms with Crippen molar-refractivity contribution in [2.75, 3.05) is 12.1 Å². The first-order valence-electron chi connectivity index (χ1n) is 11.4. The molecule has 5 aliphatic rings. The van der Waals surface area contributed by atoms with Crippen LogP contribution in [0.25, 0.3) is 0 Å². The van der Waals surface area contributed by atoms with Crippen LogP contribution in [0.1, 0.15) is 25.1 Å². The quantitative estimate of drug-likeness (QED) is 0.698. The predicted molar refractivity (Wildman–Crippen MR) is 116 cm³/mol. The molecule has 3 fully saturated rings. The van der Waals surface area contributed by atoms with Crippen LogP contribution in [-0.4, -0.2) is 47.0 Å². The molecule has 2 aromatic rings. The van der Waals surface area contributed by atoms with Crippen molar-refractivity contribution in [2.24, 2.45) is 17.8 Å². The molecule has 2 bridgehead atoms. The summed E-state index contributed by atoms with van der Waals surface area (Å²) >= 11 is 0. The number of ketones is 1. The normalized spacial score (nSPS) is 36.7. The minimum absolute atomic E-state index is 0.0548. The van der Waals surface area contributed by atoms with E-state index in [1.54, 1.807) is 35.2 Å². The van der Waals surface area contributed by atoms with Crippen LogP contribution in [0.4, 0.5) is 5.69 Å². The molecule has 1 spiro atoms. The lowest BCUT2D eigenvalue weighted by molar-refractivity contribution is -0.147. The molecule has 3 saturated heterocycles. The van der Waals surface area contributed by atoms with Gasteiger partial charge < -0.3 is 28.8 Å². The average molecular weight is 462 g/mol. The van der Waals surface area contributed by atoms with Crippen LogP contribution >= 0.6 is 0 Å². The lowest BCUT2D eigenvalue weighted by atomic mass is 9.70. The maximum Gasteiger partial charge on any atom is 0.231 e. The highest BCUT2D eigenvalue weighted by Gasteiger charge is 2.74. The van der Waals surface area contributed by atoms with Crippen molar-refractivity contribution in [3.8, 4) is 11.5 Å². The van der Waals surface area contributed by atoms with Crippen LogP contribution in [0.5, 0.6) is 11.5 Å². The second kappa shape index (κ2) is 6.73. The fourth-order valence-electron chi connectivity index (χ4n) is 6.46. The minimum atomic E-state index is -1.01. The number of hydrogen-bond acceptors (Lipinski definition) is 7. The molecule has 9 heteroatoms. The summed E-state index contributed by atoms with van der Waals surface area (Å²) in [6.07, 6.45) is 4.93. The predicted octanol–water partition coefficient (Wildman–Crippen LogP) is 2.45. The largest absolute Gasteiger partial charge is 0.467 e. The van der Waals surface area contributed by atoms with Gasteiger partial charge in [-0.1, -0.05) is 19.1 Å². The Morgan fingerprint density at radius 2 is 2.03 bits per heavy atom. The second-order valence-corrected chi connectivity index (χ2v) is 9.54. The number of Topliss-reactive ketones (excluding diaryl/α,β-unsaturated/α-hetero) is 1. The van der Waals surface area contributed by atoms with Gasteiger partial charge in [-0.2, -0.15) is 0 Å². The lowest BCUT2D eigenvalue weighted by Gasteiger charge is -2.43. The molecule has 34 heavy (non-hydrogen) atoms. The lowest BCUT2D eigenvalue weighted by Crippen LogP contribution is -2.55. The van der Waals surface area contributed by atoms with E-state index < -0.39 is 41.5 Å². The van der Waals surface area contributed by atoms with Crippen molar-refractivity contribution >= 4 is 23.3 Å². The Labute approximate surface area is 194 Å². The summed E-state index contributed by atoms with van der Waals surface area (Å²) in [5.74, 6) is -0.534. The molecule has 4 unspecified atom stereocenters. The van der Waals surface area contributed by atoms with Crippen LogP contribution < -0.4 is 14.8 Å². The van der Waals surface area contributed by atoms with Crippen molar-refractivity contribution in [3.63, 3.8) is 0 Å². The number of nitrogens with one attached hydrogen (secondary N) is 1. The topological polar surface area (TPSA) is 107 Å². The van der Waals surface area contributed by atoms with Crippen LogP contribution in [0.15, 0.2) is 53.2 Å². The maximum atomic E-state index is 13.9. The third kappa shape index (κ3) is 2.45. The van der Waals surface area contributed by atoms with Crippen LogP contribution in [0.2, 0.25) is 0 Å². The van der Waals surface area contributed by atoms with Gasteiger partial charge in [0.25, 0.3) is 0 Å². The van der Waals surface area contributed by atoms with Crippen molar-refractivity contribution in [3.05, 3.63) is 54.5 Å². The van der Waals surface area contributed by atoms with E-state index in [-0.39, 0.29) is 30.8 Å². The van der Waals surface area contributed by atoms with E-state index >= 15 is 0 Å². The number of carbonyl (C=O) groups excluding carboxylic acids is 3. The third-order valence-electron chi connectivity index (χ3n) is 7.89. The fourth-order valence-corrected chi connectivity index (χ4v) is 6.46. The zero-order valence-corrected chi connectivity index (χ0v) is 18.3. The van der Waals surface area contributed by atoms with Gasteiger partial charge in [0.15, 0.2) is 11.5 Å². The molecule has 5 aliphatic heterocycles. The van der Waals surface area contributed by atoms with Crippen LogP contribution in [-0.2, 0) is 19.1 Å². The number of ether oxygens (including phenoxy) is 3. The van der Waals surface area contributed by atoms with Crippen molar-refractivity contribution in [1.82, 2.24) is 4.90 Å². The molecule has 6 heterocycles. The highest BCUT2D eigenvalue weighted by molar-refractivity contribution is 6.01. The standard InChI is InChI=1S/C25H22N2O7/c1-12-15(28)10-14(16-3-2-8-31-16)27-22(12)25-7-6-18(34-25)20(21(25)24(27)30)23(29)26-13-4-5-17-19(9-13)33-11-32-17/h2-9,12,14,18,20-22H,10-11H2,1H3,(H,26,29)/t12?,14?,18?,20-,21+,22?,25+/m1/s1. The highest BCUT2D eigenvalue weighted by atomic mass is 16.7. The van der Waals surface area contributed by atoms with Gasteiger partial charge in [-0.05, 0) is 24.3 Å². The first kappa shape index (κ1) is 19.8. The first-order valence-corrected chi connectivity index (χ1v) is 11.4. The van der Waals surface area contributed by atoms with Gasteiger partial charge in [-0.3, -0.25) is 14.4 Å². The Balaban J connectivity index is 1.24. The number of nitrogens with zero attached hydrogens (tertiary/aromatic N) is 1.